The quantitative estimate of drug-likeness (QED) is 0.835. The number of nitrogens with zero attached hydrogens (tertiary/aromatic N) is 1. The molecule has 112 valence electrons. The van der Waals surface area contributed by atoms with E-state index in [2.05, 4.69) is 33.0 Å². The van der Waals surface area contributed by atoms with Gasteiger partial charge in [-0.05, 0) is 51.2 Å². The van der Waals surface area contributed by atoms with E-state index in [9.17, 15) is 4.79 Å². The van der Waals surface area contributed by atoms with E-state index in [-0.39, 0.29) is 11.9 Å². The summed E-state index contributed by atoms with van der Waals surface area (Å²) in [7, 11) is 2.00. The number of nitrogens with one attached hydrogen (secondary N) is 2. The molecule has 0 aromatic carbocycles. The van der Waals surface area contributed by atoms with Crippen molar-refractivity contribution in [3.63, 3.8) is 0 Å². The lowest BCUT2D eigenvalue weighted by molar-refractivity contribution is -0.126. The summed E-state index contributed by atoms with van der Waals surface area (Å²) in [6.45, 7) is 4.74. The molecule has 1 aliphatic heterocycles. The minimum Gasteiger partial charge on any atom is -0.354 e. The van der Waals surface area contributed by atoms with Crippen LogP contribution in [-0.4, -0.2) is 49.6 Å². The molecule has 1 aromatic rings. The van der Waals surface area contributed by atoms with Gasteiger partial charge in [0.15, 0.2) is 0 Å². The second-order valence-electron chi connectivity index (χ2n) is 5.42. The number of carbonyl (C=O) groups excluding carboxylic acids is 1. The summed E-state index contributed by atoms with van der Waals surface area (Å²) in [5.74, 6) is 0.151. The Morgan fingerprint density at radius 2 is 2.45 bits per heavy atom. The van der Waals surface area contributed by atoms with Crippen molar-refractivity contribution in [1.82, 2.24) is 15.5 Å². The molecule has 5 heteroatoms. The molecule has 2 rings (SSSR count). The summed E-state index contributed by atoms with van der Waals surface area (Å²) in [5.41, 5.74) is 0. The third-order valence-corrected chi connectivity index (χ3v) is 4.98. The number of likely N-dealkylation sites (tertiary alicyclic amines) is 1. The van der Waals surface area contributed by atoms with Gasteiger partial charge in [0.05, 0.1) is 6.04 Å². The van der Waals surface area contributed by atoms with Crippen molar-refractivity contribution in [2.75, 3.05) is 26.7 Å². The largest absolute Gasteiger partial charge is 0.354 e. The normalized spacial score (nSPS) is 21.6. The maximum Gasteiger partial charge on any atom is 0.237 e. The predicted molar refractivity (Wildman–Crippen MR) is 84.1 cm³/mol. The molecule has 1 amide bonds. The van der Waals surface area contributed by atoms with Crippen LogP contribution in [-0.2, 0) is 11.2 Å². The molecule has 0 saturated carbocycles. The highest BCUT2D eigenvalue weighted by molar-refractivity contribution is 7.09. The van der Waals surface area contributed by atoms with Crippen LogP contribution < -0.4 is 10.6 Å². The average molecular weight is 295 g/mol. The van der Waals surface area contributed by atoms with E-state index in [1.165, 1.54) is 17.7 Å². The molecule has 2 N–H and O–H groups in total. The van der Waals surface area contributed by atoms with Crippen LogP contribution in [0.2, 0.25) is 0 Å². The van der Waals surface area contributed by atoms with E-state index < -0.39 is 0 Å². The monoisotopic (exact) mass is 295 g/mol. The maximum atomic E-state index is 12.2. The summed E-state index contributed by atoms with van der Waals surface area (Å²) in [6.07, 6.45) is 3.30. The van der Waals surface area contributed by atoms with Crippen LogP contribution in [0.5, 0.6) is 0 Å². The van der Waals surface area contributed by atoms with Crippen LogP contribution in [0, 0.1) is 0 Å². The van der Waals surface area contributed by atoms with Gasteiger partial charge >= 0.3 is 0 Å². The first-order valence-corrected chi connectivity index (χ1v) is 8.30. The Kier molecular flexibility index (Phi) is 6.01. The van der Waals surface area contributed by atoms with Gasteiger partial charge in [-0.15, -0.1) is 11.3 Å². The van der Waals surface area contributed by atoms with Gasteiger partial charge in [-0.1, -0.05) is 6.07 Å². The molecule has 1 aliphatic rings. The standard InChI is InChI=1S/C15H25N3OS/c1-12(18-9-3-5-13(11-18)16-2)15(19)17-8-7-14-6-4-10-20-14/h4,6,10,12-13,16H,3,5,7-9,11H2,1-2H3,(H,17,19). The molecule has 0 radical (unpaired) electrons. The first kappa shape index (κ1) is 15.5. The van der Waals surface area contributed by atoms with Gasteiger partial charge in [0, 0.05) is 24.0 Å². The zero-order chi connectivity index (χ0) is 14.4. The molecule has 2 unspecified atom stereocenters. The summed E-state index contributed by atoms with van der Waals surface area (Å²) in [4.78, 5) is 15.8. The average Bonchev–Trinajstić information content (AvgIpc) is 2.99. The van der Waals surface area contributed by atoms with Crippen molar-refractivity contribution in [3.05, 3.63) is 22.4 Å². The minimum atomic E-state index is -0.0329. The topological polar surface area (TPSA) is 44.4 Å². The van der Waals surface area contributed by atoms with Crippen LogP contribution in [0.1, 0.15) is 24.6 Å². The van der Waals surface area contributed by atoms with Gasteiger partial charge in [0.25, 0.3) is 0 Å². The zero-order valence-electron chi connectivity index (χ0n) is 12.4. The van der Waals surface area contributed by atoms with E-state index >= 15 is 0 Å². The molecular formula is C15H25N3OS. The molecule has 1 fully saturated rings. The highest BCUT2D eigenvalue weighted by atomic mass is 32.1. The minimum absolute atomic E-state index is 0.0329. The molecule has 1 aromatic heterocycles. The van der Waals surface area contributed by atoms with Crippen molar-refractivity contribution >= 4 is 17.2 Å². The second-order valence-corrected chi connectivity index (χ2v) is 6.45. The Hall–Kier alpha value is -0.910. The summed E-state index contributed by atoms with van der Waals surface area (Å²) < 4.78 is 0. The van der Waals surface area contributed by atoms with Crippen LogP contribution in [0.15, 0.2) is 17.5 Å². The molecule has 20 heavy (non-hydrogen) atoms. The molecule has 0 bridgehead atoms. The smallest absolute Gasteiger partial charge is 0.237 e. The lowest BCUT2D eigenvalue weighted by atomic mass is 10.0. The first-order chi connectivity index (χ1) is 9.70. The third kappa shape index (κ3) is 4.30. The Balaban J connectivity index is 1.73. The van der Waals surface area contributed by atoms with Crippen LogP contribution in [0.25, 0.3) is 0 Å². The highest BCUT2D eigenvalue weighted by Crippen LogP contribution is 2.13. The van der Waals surface area contributed by atoms with Crippen LogP contribution in [0.3, 0.4) is 0 Å². The molecule has 0 aliphatic carbocycles. The van der Waals surface area contributed by atoms with Gasteiger partial charge in [-0.2, -0.15) is 0 Å². The predicted octanol–water partition coefficient (Wildman–Crippen LogP) is 1.48. The summed E-state index contributed by atoms with van der Waals surface area (Å²) in [6, 6.07) is 4.65. The maximum absolute atomic E-state index is 12.2. The number of rotatable bonds is 6. The highest BCUT2D eigenvalue weighted by Gasteiger charge is 2.26. The van der Waals surface area contributed by atoms with E-state index in [0.717, 1.165) is 26.1 Å². The van der Waals surface area contributed by atoms with E-state index in [0.29, 0.717) is 6.04 Å². The molecule has 4 nitrogen and oxygen atoms in total. The number of hydrogen-bond donors (Lipinski definition) is 2. The van der Waals surface area contributed by atoms with E-state index in [1.807, 2.05) is 14.0 Å². The molecule has 0 spiro atoms. The van der Waals surface area contributed by atoms with Crippen LogP contribution >= 0.6 is 11.3 Å². The van der Waals surface area contributed by atoms with Crippen molar-refractivity contribution in [3.8, 4) is 0 Å². The van der Waals surface area contributed by atoms with Crippen molar-refractivity contribution in [2.45, 2.75) is 38.3 Å². The summed E-state index contributed by atoms with van der Waals surface area (Å²) in [5, 5.41) is 8.45. The molecule has 2 atom stereocenters. The van der Waals surface area contributed by atoms with Crippen molar-refractivity contribution in [1.29, 1.82) is 0 Å². The molecule has 1 saturated heterocycles. The Morgan fingerprint density at radius 3 is 3.15 bits per heavy atom. The van der Waals surface area contributed by atoms with Gasteiger partial charge in [0.1, 0.15) is 0 Å². The van der Waals surface area contributed by atoms with Crippen LogP contribution in [0.4, 0.5) is 0 Å². The number of piperidine rings is 1. The number of amides is 1. The number of carbonyl (C=O) groups is 1. The number of hydrogen-bond acceptors (Lipinski definition) is 4. The Labute approximate surface area is 125 Å². The number of likely N-dealkylation sites (N-methyl/N-ethyl adjacent to an activating group) is 1. The Bertz CT molecular complexity index is 407. The van der Waals surface area contributed by atoms with E-state index in [4.69, 9.17) is 0 Å². The lowest BCUT2D eigenvalue weighted by Gasteiger charge is -2.35. The SMILES string of the molecule is CNC1CCCN(C(C)C(=O)NCCc2cccs2)C1. The fourth-order valence-electron chi connectivity index (χ4n) is 2.67. The fourth-order valence-corrected chi connectivity index (χ4v) is 3.38. The Morgan fingerprint density at radius 1 is 1.60 bits per heavy atom. The first-order valence-electron chi connectivity index (χ1n) is 7.42. The van der Waals surface area contributed by atoms with Gasteiger partial charge in [-0.25, -0.2) is 0 Å². The van der Waals surface area contributed by atoms with Gasteiger partial charge in [0.2, 0.25) is 5.91 Å². The van der Waals surface area contributed by atoms with Gasteiger partial charge in [-0.3, -0.25) is 9.69 Å². The van der Waals surface area contributed by atoms with Crippen molar-refractivity contribution in [2.24, 2.45) is 0 Å². The summed E-state index contributed by atoms with van der Waals surface area (Å²) >= 11 is 1.74. The second kappa shape index (κ2) is 7.76. The van der Waals surface area contributed by atoms with Crippen molar-refractivity contribution < 1.29 is 4.79 Å². The third-order valence-electron chi connectivity index (χ3n) is 4.04. The van der Waals surface area contributed by atoms with Gasteiger partial charge < -0.3 is 10.6 Å². The number of thiophene rings is 1. The molecular weight excluding hydrogens is 270 g/mol. The fraction of sp³-hybridized carbons (Fsp3) is 0.667. The zero-order valence-corrected chi connectivity index (χ0v) is 13.2. The van der Waals surface area contributed by atoms with E-state index in [1.54, 1.807) is 11.3 Å². The molecule has 2 heterocycles. The lowest BCUT2D eigenvalue weighted by Crippen LogP contribution is -2.52.